The highest BCUT2D eigenvalue weighted by Gasteiger charge is 1.69. The van der Waals surface area contributed by atoms with Crippen molar-refractivity contribution < 1.29 is 0 Å². The average molecular weight is 111 g/mol. The van der Waals surface area contributed by atoms with Crippen molar-refractivity contribution >= 4 is 23.4 Å². The molecule has 0 unspecified atom stereocenters. The van der Waals surface area contributed by atoms with Crippen LogP contribution >= 0.6 is 23.4 Å². The Kier molecular flexibility index (Phi) is 5.23. The molecule has 0 saturated heterocycles. The van der Waals surface area contributed by atoms with Gasteiger partial charge in [0.05, 0.1) is 5.21 Å². The molecule has 0 fully saturated rings. The summed E-state index contributed by atoms with van der Waals surface area (Å²) in [7, 11) is 0. The largest absolute Gasteiger partial charge is 0.146 e. The van der Waals surface area contributed by atoms with Gasteiger partial charge in [-0.25, -0.2) is 0 Å². The second-order valence-corrected chi connectivity index (χ2v) is 2.46. The molecule has 0 nitrogen and oxygen atoms in total. The first-order valence-corrected chi connectivity index (χ1v) is 3.24. The summed E-state index contributed by atoms with van der Waals surface area (Å²) in [4.78, 5) is 0. The van der Waals surface area contributed by atoms with Crippen LogP contribution in [-0.2, 0) is 0 Å². The molecule has 2 heteroatoms. The van der Waals surface area contributed by atoms with Gasteiger partial charge < -0.3 is 0 Å². The van der Waals surface area contributed by atoms with E-state index in [0.29, 0.717) is 0 Å². The van der Waals surface area contributed by atoms with E-state index in [9.17, 15) is 0 Å². The third-order valence-corrected chi connectivity index (χ3v) is 1.31. The first-order chi connectivity index (χ1) is 2.41. The molecule has 0 atom stereocenters. The summed E-state index contributed by atoms with van der Waals surface area (Å²) in [5.74, 6) is 1.13. The van der Waals surface area contributed by atoms with Crippen LogP contribution in [0.5, 0.6) is 0 Å². The zero-order chi connectivity index (χ0) is 4.12. The molecule has 0 heterocycles. The molecule has 0 N–H and O–H groups in total. The third kappa shape index (κ3) is 4.64. The number of halogens is 1. The Morgan fingerprint density at radius 1 is 1.80 bits per heavy atom. The molecular formula is C3H7ClS. The van der Waals surface area contributed by atoms with E-state index in [0.717, 1.165) is 11.0 Å². The topological polar surface area (TPSA) is 0 Å². The number of hydrogen-bond donors (Lipinski definition) is 0. The van der Waals surface area contributed by atoms with Gasteiger partial charge in [0, 0.05) is 0 Å². The summed E-state index contributed by atoms with van der Waals surface area (Å²) < 4.78 is 0. The summed E-state index contributed by atoms with van der Waals surface area (Å²) in [6.45, 7) is 2.09. The van der Waals surface area contributed by atoms with Crippen LogP contribution in [0.3, 0.4) is 0 Å². The third-order valence-electron chi connectivity index (χ3n) is 0.281. The van der Waals surface area contributed by atoms with Gasteiger partial charge in [0.25, 0.3) is 0 Å². The van der Waals surface area contributed by atoms with Gasteiger partial charge in [-0.15, -0.1) is 23.4 Å². The SMILES string of the molecule is CCSCCl. The molecule has 0 aromatic carbocycles. The second kappa shape index (κ2) is 4.64. The average Bonchev–Trinajstić information content (AvgIpc) is 1.41. The first kappa shape index (κ1) is 5.64. The van der Waals surface area contributed by atoms with E-state index in [4.69, 9.17) is 11.6 Å². The monoisotopic (exact) mass is 110 g/mol. The van der Waals surface area contributed by atoms with Crippen LogP contribution in [-0.4, -0.2) is 11.0 Å². The van der Waals surface area contributed by atoms with Gasteiger partial charge in [-0.05, 0) is 5.75 Å². The molecule has 0 bridgehead atoms. The van der Waals surface area contributed by atoms with Crippen molar-refractivity contribution in [1.82, 2.24) is 0 Å². The lowest BCUT2D eigenvalue weighted by Gasteiger charge is -1.78. The van der Waals surface area contributed by atoms with Crippen molar-refractivity contribution in [3.63, 3.8) is 0 Å². The molecule has 32 valence electrons. The van der Waals surface area contributed by atoms with E-state index < -0.39 is 0 Å². The predicted octanol–water partition coefficient (Wildman–Crippen LogP) is 1.94. The van der Waals surface area contributed by atoms with Crippen molar-refractivity contribution in [3.05, 3.63) is 0 Å². The van der Waals surface area contributed by atoms with Crippen LogP contribution < -0.4 is 0 Å². The minimum Gasteiger partial charge on any atom is -0.146 e. The van der Waals surface area contributed by atoms with Gasteiger partial charge in [0.15, 0.2) is 0 Å². The Bertz CT molecular complexity index is 14.4. The van der Waals surface area contributed by atoms with Gasteiger partial charge in [-0.1, -0.05) is 6.92 Å². The van der Waals surface area contributed by atoms with Crippen molar-refractivity contribution in [1.29, 1.82) is 0 Å². The van der Waals surface area contributed by atoms with Gasteiger partial charge in [-0.3, -0.25) is 0 Å². The number of thioether (sulfide) groups is 1. The van der Waals surface area contributed by atoms with Crippen LogP contribution in [0.1, 0.15) is 6.92 Å². The molecule has 0 saturated carbocycles. The van der Waals surface area contributed by atoms with E-state index in [1.165, 1.54) is 0 Å². The molecule has 0 spiro atoms. The molecule has 0 radical (unpaired) electrons. The van der Waals surface area contributed by atoms with Gasteiger partial charge in [-0.2, -0.15) is 0 Å². The molecular weight excluding hydrogens is 104 g/mol. The van der Waals surface area contributed by atoms with Crippen molar-refractivity contribution in [2.45, 2.75) is 6.92 Å². The van der Waals surface area contributed by atoms with E-state index in [1.807, 2.05) is 0 Å². The molecule has 5 heavy (non-hydrogen) atoms. The summed E-state index contributed by atoms with van der Waals surface area (Å²) in [5, 5.41) is 0.733. The Morgan fingerprint density at radius 3 is 2.40 bits per heavy atom. The fraction of sp³-hybridized carbons (Fsp3) is 1.00. The standard InChI is InChI=1S/C3H7ClS/c1-2-5-3-4/h2-3H2,1H3. The lowest BCUT2D eigenvalue weighted by molar-refractivity contribution is 1.53. The molecule has 0 aliphatic rings. The summed E-state index contributed by atoms with van der Waals surface area (Å²) >= 11 is 6.99. The van der Waals surface area contributed by atoms with E-state index in [1.54, 1.807) is 11.8 Å². The minimum absolute atomic E-state index is 0.733. The molecule has 0 aromatic rings. The van der Waals surface area contributed by atoms with E-state index in [-0.39, 0.29) is 0 Å². The molecule has 0 amide bonds. The number of hydrogen-bond acceptors (Lipinski definition) is 1. The van der Waals surface area contributed by atoms with Crippen LogP contribution in [0.25, 0.3) is 0 Å². The highest BCUT2D eigenvalue weighted by molar-refractivity contribution is 8.00. The Hall–Kier alpha value is 0.640. The van der Waals surface area contributed by atoms with Gasteiger partial charge in [0.2, 0.25) is 0 Å². The fourth-order valence-corrected chi connectivity index (χ4v) is 0.694. The van der Waals surface area contributed by atoms with Crippen LogP contribution in [0.2, 0.25) is 0 Å². The normalized spacial score (nSPS) is 8.40. The van der Waals surface area contributed by atoms with E-state index in [2.05, 4.69) is 6.92 Å². The van der Waals surface area contributed by atoms with Crippen LogP contribution in [0.15, 0.2) is 0 Å². The highest BCUT2D eigenvalue weighted by atomic mass is 35.5. The predicted molar refractivity (Wildman–Crippen MR) is 28.9 cm³/mol. The molecule has 0 aliphatic heterocycles. The zero-order valence-corrected chi connectivity index (χ0v) is 4.77. The summed E-state index contributed by atoms with van der Waals surface area (Å²) in [6.07, 6.45) is 0. The van der Waals surface area contributed by atoms with Gasteiger partial charge in [0.1, 0.15) is 0 Å². The van der Waals surface area contributed by atoms with Crippen LogP contribution in [0.4, 0.5) is 0 Å². The summed E-state index contributed by atoms with van der Waals surface area (Å²) in [6, 6.07) is 0. The highest BCUT2D eigenvalue weighted by Crippen LogP contribution is 1.98. The maximum absolute atomic E-state index is 5.26. The lowest BCUT2D eigenvalue weighted by atomic mass is 11.0. The maximum atomic E-state index is 5.26. The molecule has 0 rings (SSSR count). The van der Waals surface area contributed by atoms with E-state index >= 15 is 0 Å². The Balaban J connectivity index is 2.19. The quantitative estimate of drug-likeness (QED) is 0.490. The number of alkyl halides is 1. The van der Waals surface area contributed by atoms with Crippen molar-refractivity contribution in [2.75, 3.05) is 11.0 Å². The van der Waals surface area contributed by atoms with Crippen LogP contribution in [0, 0.1) is 0 Å². The lowest BCUT2D eigenvalue weighted by Crippen LogP contribution is -1.60. The van der Waals surface area contributed by atoms with Gasteiger partial charge >= 0.3 is 0 Å². The molecule has 0 aliphatic carbocycles. The fourth-order valence-electron chi connectivity index (χ4n) is 0.0772. The van der Waals surface area contributed by atoms with Crippen molar-refractivity contribution in [2.24, 2.45) is 0 Å². The van der Waals surface area contributed by atoms with Crippen molar-refractivity contribution in [3.8, 4) is 0 Å². The second-order valence-electron chi connectivity index (χ2n) is 0.602. The maximum Gasteiger partial charge on any atom is 0.0680 e. The Morgan fingerprint density at radius 2 is 2.40 bits per heavy atom. The zero-order valence-electron chi connectivity index (χ0n) is 3.20. The number of rotatable bonds is 2. The first-order valence-electron chi connectivity index (χ1n) is 1.55. The minimum atomic E-state index is 0.733. The smallest absolute Gasteiger partial charge is 0.0680 e. The Labute approximate surface area is 41.9 Å². The summed E-state index contributed by atoms with van der Waals surface area (Å²) in [5.41, 5.74) is 0. The molecule has 0 aromatic heterocycles.